The Bertz CT molecular complexity index is 442. The van der Waals surface area contributed by atoms with E-state index in [1.807, 2.05) is 38.1 Å². The smallest absolute Gasteiger partial charge is 0.202 e. The predicted octanol–water partition coefficient (Wildman–Crippen LogP) is 2.42. The molecule has 0 bridgehead atoms. The van der Waals surface area contributed by atoms with Gasteiger partial charge >= 0.3 is 0 Å². The number of hydrogen-bond donors (Lipinski definition) is 3. The fraction of sp³-hybridized carbons (Fsp3) is 0.333. The van der Waals surface area contributed by atoms with Gasteiger partial charge in [0.05, 0.1) is 0 Å². The van der Waals surface area contributed by atoms with Gasteiger partial charge in [0.2, 0.25) is 5.96 Å². The second-order valence-electron chi connectivity index (χ2n) is 3.94. The van der Waals surface area contributed by atoms with Gasteiger partial charge in [0.25, 0.3) is 0 Å². The number of nitrogens with zero attached hydrogens (tertiary/aromatic N) is 2. The Hall–Kier alpha value is -1.02. The molecule has 0 heterocycles. The molecule has 0 aliphatic heterocycles. The van der Waals surface area contributed by atoms with E-state index in [1.54, 1.807) is 7.05 Å². The van der Waals surface area contributed by atoms with Crippen LogP contribution < -0.4 is 16.4 Å². The zero-order valence-electron chi connectivity index (χ0n) is 11.1. The van der Waals surface area contributed by atoms with Crippen molar-refractivity contribution >= 4 is 52.6 Å². The van der Waals surface area contributed by atoms with Crippen LogP contribution in [0.1, 0.15) is 13.8 Å². The molecular weight excluding hydrogens is 377 g/mol. The largest absolute Gasteiger partial charge is 0.370 e. The van der Waals surface area contributed by atoms with Gasteiger partial charge in [-0.15, -0.1) is 12.4 Å². The first kappa shape index (κ1) is 18.0. The minimum absolute atomic E-state index is 0. The molecule has 0 spiro atoms. The standard InChI is InChI=1S/C12H18IN5.ClH/c1-8(2)16-11(14)18-12(15-3)17-10-6-4-9(13)5-7-10;/h4-8H,1-3H3,(H4,14,15,16,17,18);1H. The van der Waals surface area contributed by atoms with Crippen molar-refractivity contribution in [2.24, 2.45) is 15.7 Å². The predicted molar refractivity (Wildman–Crippen MR) is 93.3 cm³/mol. The Kier molecular flexibility index (Phi) is 8.49. The van der Waals surface area contributed by atoms with Crippen molar-refractivity contribution in [2.45, 2.75) is 19.9 Å². The first-order valence-electron chi connectivity index (χ1n) is 5.61. The van der Waals surface area contributed by atoms with Crippen LogP contribution >= 0.6 is 35.0 Å². The van der Waals surface area contributed by atoms with Gasteiger partial charge in [-0.1, -0.05) is 0 Å². The van der Waals surface area contributed by atoms with Gasteiger partial charge in [-0.3, -0.25) is 15.3 Å². The van der Waals surface area contributed by atoms with Crippen LogP contribution in [0.4, 0.5) is 5.69 Å². The summed E-state index contributed by atoms with van der Waals surface area (Å²) in [6.45, 7) is 3.92. The third-order valence-electron chi connectivity index (χ3n) is 1.97. The lowest BCUT2D eigenvalue weighted by Gasteiger charge is -2.11. The number of guanidine groups is 2. The van der Waals surface area contributed by atoms with E-state index < -0.39 is 0 Å². The lowest BCUT2D eigenvalue weighted by atomic mass is 10.3. The van der Waals surface area contributed by atoms with E-state index in [9.17, 15) is 0 Å². The molecular formula is C12H19ClIN5. The van der Waals surface area contributed by atoms with Crippen molar-refractivity contribution < 1.29 is 0 Å². The van der Waals surface area contributed by atoms with Crippen LogP contribution in [0.3, 0.4) is 0 Å². The van der Waals surface area contributed by atoms with E-state index in [2.05, 4.69) is 43.2 Å². The summed E-state index contributed by atoms with van der Waals surface area (Å²) in [5.41, 5.74) is 6.69. The van der Waals surface area contributed by atoms with E-state index in [1.165, 1.54) is 3.57 Å². The van der Waals surface area contributed by atoms with Gasteiger partial charge in [0.1, 0.15) is 0 Å². The molecule has 0 fully saturated rings. The van der Waals surface area contributed by atoms with Crippen molar-refractivity contribution in [3.8, 4) is 0 Å². The summed E-state index contributed by atoms with van der Waals surface area (Å²) in [5.74, 6) is 0.918. The van der Waals surface area contributed by atoms with Crippen LogP contribution in [0.2, 0.25) is 0 Å². The second kappa shape index (κ2) is 8.98. The molecule has 0 saturated carbocycles. The van der Waals surface area contributed by atoms with Crippen LogP contribution in [0, 0.1) is 3.57 Å². The van der Waals surface area contributed by atoms with Gasteiger partial charge in [-0.25, -0.2) is 0 Å². The van der Waals surface area contributed by atoms with Gasteiger partial charge in [0.15, 0.2) is 5.96 Å². The molecule has 7 heteroatoms. The number of hydrogen-bond acceptors (Lipinski definition) is 2. The average Bonchev–Trinajstić information content (AvgIpc) is 2.30. The number of aliphatic imine (C=N–C) groups is 2. The molecule has 0 aliphatic rings. The summed E-state index contributed by atoms with van der Waals surface area (Å²) in [5, 5.41) is 6.06. The Morgan fingerprint density at radius 1 is 1.26 bits per heavy atom. The maximum Gasteiger partial charge on any atom is 0.202 e. The highest BCUT2D eigenvalue weighted by Crippen LogP contribution is 2.10. The molecule has 0 unspecified atom stereocenters. The molecule has 0 amide bonds. The number of anilines is 1. The van der Waals surface area contributed by atoms with Gasteiger partial charge in [0, 0.05) is 22.3 Å². The first-order chi connectivity index (χ1) is 8.51. The molecule has 5 nitrogen and oxygen atoms in total. The van der Waals surface area contributed by atoms with Gasteiger partial charge in [-0.2, -0.15) is 0 Å². The molecule has 0 aliphatic carbocycles. The van der Waals surface area contributed by atoms with Crippen LogP contribution in [0.15, 0.2) is 34.3 Å². The molecule has 0 aromatic heterocycles. The Labute approximate surface area is 133 Å². The van der Waals surface area contributed by atoms with Crippen LogP contribution in [-0.4, -0.2) is 25.0 Å². The maximum atomic E-state index is 5.75. The molecule has 1 rings (SSSR count). The molecule has 0 radical (unpaired) electrons. The summed E-state index contributed by atoms with van der Waals surface area (Å²) in [6, 6.07) is 8.13. The zero-order valence-corrected chi connectivity index (χ0v) is 14.1. The van der Waals surface area contributed by atoms with Crippen molar-refractivity contribution in [1.82, 2.24) is 5.32 Å². The van der Waals surface area contributed by atoms with E-state index >= 15 is 0 Å². The number of nitrogens with two attached hydrogens (primary N) is 1. The maximum absolute atomic E-state index is 5.75. The Morgan fingerprint density at radius 3 is 2.32 bits per heavy atom. The van der Waals surface area contributed by atoms with Crippen LogP contribution in [-0.2, 0) is 0 Å². The molecule has 106 valence electrons. The van der Waals surface area contributed by atoms with E-state index in [0.717, 1.165) is 5.69 Å². The fourth-order valence-electron chi connectivity index (χ4n) is 1.24. The molecule has 0 atom stereocenters. The van der Waals surface area contributed by atoms with Gasteiger partial charge in [-0.05, 0) is 60.7 Å². The highest BCUT2D eigenvalue weighted by atomic mass is 127. The monoisotopic (exact) mass is 395 g/mol. The lowest BCUT2D eigenvalue weighted by molar-refractivity contribution is 0.827. The van der Waals surface area contributed by atoms with Crippen molar-refractivity contribution in [1.29, 1.82) is 0 Å². The Balaban J connectivity index is 0.00000324. The van der Waals surface area contributed by atoms with E-state index in [-0.39, 0.29) is 18.4 Å². The minimum atomic E-state index is 0. The first-order valence-corrected chi connectivity index (χ1v) is 6.69. The summed E-state index contributed by atoms with van der Waals surface area (Å²) in [4.78, 5) is 8.27. The quantitative estimate of drug-likeness (QED) is 0.409. The van der Waals surface area contributed by atoms with E-state index in [0.29, 0.717) is 11.9 Å². The summed E-state index contributed by atoms with van der Waals surface area (Å²) in [6.07, 6.45) is 0. The topological polar surface area (TPSA) is 74.8 Å². The van der Waals surface area contributed by atoms with Crippen LogP contribution in [0.25, 0.3) is 0 Å². The number of nitrogens with one attached hydrogen (secondary N) is 2. The van der Waals surface area contributed by atoms with Crippen molar-refractivity contribution in [3.63, 3.8) is 0 Å². The average molecular weight is 396 g/mol. The SMILES string of the molecule is CN=C(NC(N)=NC(C)C)Nc1ccc(I)cc1.Cl. The lowest BCUT2D eigenvalue weighted by Crippen LogP contribution is -2.41. The number of rotatable bonds is 2. The van der Waals surface area contributed by atoms with Crippen molar-refractivity contribution in [3.05, 3.63) is 27.8 Å². The zero-order chi connectivity index (χ0) is 13.5. The van der Waals surface area contributed by atoms with Crippen LogP contribution in [0.5, 0.6) is 0 Å². The summed E-state index contributed by atoms with van der Waals surface area (Å²) in [7, 11) is 1.69. The molecule has 0 saturated heterocycles. The molecule has 1 aromatic rings. The number of halogens is 2. The highest BCUT2D eigenvalue weighted by molar-refractivity contribution is 14.1. The Morgan fingerprint density at radius 2 is 1.84 bits per heavy atom. The minimum Gasteiger partial charge on any atom is -0.370 e. The molecule has 4 N–H and O–H groups in total. The molecule has 1 aromatic carbocycles. The summed E-state index contributed by atoms with van der Waals surface area (Å²) >= 11 is 2.26. The van der Waals surface area contributed by atoms with Crippen molar-refractivity contribution in [2.75, 3.05) is 12.4 Å². The molecule has 19 heavy (non-hydrogen) atoms. The number of benzene rings is 1. The third-order valence-corrected chi connectivity index (χ3v) is 2.69. The van der Waals surface area contributed by atoms with Gasteiger partial charge < -0.3 is 11.1 Å². The van der Waals surface area contributed by atoms with E-state index in [4.69, 9.17) is 5.73 Å². The normalized spacial score (nSPS) is 12.1. The highest BCUT2D eigenvalue weighted by Gasteiger charge is 2.01. The third kappa shape index (κ3) is 7.22. The summed E-state index contributed by atoms with van der Waals surface area (Å²) < 4.78 is 1.18. The fourth-order valence-corrected chi connectivity index (χ4v) is 1.60. The second-order valence-corrected chi connectivity index (χ2v) is 5.18.